The van der Waals surface area contributed by atoms with E-state index in [0.717, 1.165) is 0 Å². The van der Waals surface area contributed by atoms with Crippen molar-refractivity contribution in [3.8, 4) is 34.1 Å². The van der Waals surface area contributed by atoms with Gasteiger partial charge in [-0.05, 0) is 37.1 Å². The molecule has 0 heterocycles. The first-order valence-corrected chi connectivity index (χ1v) is 9.22. The first-order valence-electron chi connectivity index (χ1n) is 9.22. The molecule has 29 heavy (non-hydrogen) atoms. The normalized spacial score (nSPS) is 13.6. The minimum atomic E-state index is -0.428. The zero-order valence-corrected chi connectivity index (χ0v) is 15.7. The fourth-order valence-corrected chi connectivity index (χ4v) is 3.85. The van der Waals surface area contributed by atoms with Crippen molar-refractivity contribution >= 4 is 28.0 Å². The number of phenolic OH excluding ortho intramolecular Hbond substituents is 3. The molecular formula is C22H20N2O5. The van der Waals surface area contributed by atoms with Crippen LogP contribution in [0.15, 0.2) is 30.3 Å². The maximum atomic E-state index is 12.4. The fraction of sp³-hybridized carbons (Fsp3) is 0.182. The Morgan fingerprint density at radius 2 is 1.69 bits per heavy atom. The molecule has 1 aliphatic carbocycles. The van der Waals surface area contributed by atoms with Crippen LogP contribution < -0.4 is 10.5 Å². The maximum absolute atomic E-state index is 12.4. The van der Waals surface area contributed by atoms with E-state index in [4.69, 9.17) is 15.9 Å². The third-order valence-electron chi connectivity index (χ3n) is 5.20. The number of benzene rings is 3. The van der Waals surface area contributed by atoms with Crippen molar-refractivity contribution in [3.63, 3.8) is 0 Å². The third-order valence-corrected chi connectivity index (χ3v) is 5.20. The van der Waals surface area contributed by atoms with Gasteiger partial charge in [-0.15, -0.1) is 0 Å². The van der Waals surface area contributed by atoms with Crippen LogP contribution in [0.25, 0.3) is 21.9 Å². The highest BCUT2D eigenvalue weighted by Crippen LogP contribution is 2.50. The molecule has 0 fully saturated rings. The van der Waals surface area contributed by atoms with Crippen LogP contribution in [0.5, 0.6) is 23.0 Å². The number of rotatable bonds is 3. The van der Waals surface area contributed by atoms with Crippen molar-refractivity contribution in [1.29, 1.82) is 5.41 Å². The van der Waals surface area contributed by atoms with E-state index in [0.29, 0.717) is 23.5 Å². The lowest BCUT2D eigenvalue weighted by molar-refractivity contribution is 0.0979. The summed E-state index contributed by atoms with van der Waals surface area (Å²) in [5.41, 5.74) is 7.40. The van der Waals surface area contributed by atoms with Crippen LogP contribution >= 0.6 is 0 Å². The predicted molar refractivity (Wildman–Crippen MR) is 110 cm³/mol. The van der Waals surface area contributed by atoms with Crippen LogP contribution in [0.2, 0.25) is 0 Å². The summed E-state index contributed by atoms with van der Waals surface area (Å²) in [5.74, 6) is -0.856. The number of ether oxygens (including phenoxy) is 1. The number of hydrogen-bond donors (Lipinski definition) is 5. The van der Waals surface area contributed by atoms with Crippen molar-refractivity contribution in [1.82, 2.24) is 0 Å². The summed E-state index contributed by atoms with van der Waals surface area (Å²) in [6.07, 6.45) is 0.222. The van der Waals surface area contributed by atoms with Gasteiger partial charge in [-0.25, -0.2) is 0 Å². The van der Waals surface area contributed by atoms with Crippen molar-refractivity contribution in [2.75, 3.05) is 12.3 Å². The van der Waals surface area contributed by atoms with E-state index >= 15 is 0 Å². The van der Waals surface area contributed by atoms with Gasteiger partial charge in [-0.1, -0.05) is 12.1 Å². The molecule has 0 radical (unpaired) electrons. The second kappa shape index (κ2) is 6.70. The van der Waals surface area contributed by atoms with E-state index in [1.165, 1.54) is 6.07 Å². The zero-order chi connectivity index (χ0) is 20.9. The number of Topliss-reactive ketones (excluding diaryl/α,β-unsaturated/α-hetero) is 1. The Kier molecular flexibility index (Phi) is 4.30. The minimum Gasteiger partial charge on any atom is -0.507 e. The van der Waals surface area contributed by atoms with Crippen molar-refractivity contribution in [3.05, 3.63) is 41.5 Å². The van der Waals surface area contributed by atoms with Crippen LogP contribution in [0.1, 0.15) is 35.7 Å². The lowest BCUT2D eigenvalue weighted by Crippen LogP contribution is -2.17. The van der Waals surface area contributed by atoms with Gasteiger partial charge in [0, 0.05) is 17.7 Å². The first-order chi connectivity index (χ1) is 13.8. The highest BCUT2D eigenvalue weighted by atomic mass is 16.5. The molecule has 0 unspecified atom stereocenters. The summed E-state index contributed by atoms with van der Waals surface area (Å²) in [5, 5.41) is 40.2. The number of hydrogen-bond acceptors (Lipinski definition) is 7. The molecule has 0 aromatic heterocycles. The number of carbonyl (C=O) groups is 1. The van der Waals surface area contributed by atoms with Crippen molar-refractivity contribution < 1.29 is 24.9 Å². The second-order valence-electron chi connectivity index (χ2n) is 6.91. The fourth-order valence-electron chi connectivity index (χ4n) is 3.85. The molecule has 7 nitrogen and oxygen atoms in total. The van der Waals surface area contributed by atoms with Crippen LogP contribution in [-0.4, -0.2) is 33.4 Å². The molecule has 3 aromatic rings. The Hall–Kier alpha value is -3.74. The van der Waals surface area contributed by atoms with Crippen LogP contribution in [0, 0.1) is 5.41 Å². The average molecular weight is 392 g/mol. The van der Waals surface area contributed by atoms with Crippen LogP contribution in [0.3, 0.4) is 0 Å². The Morgan fingerprint density at radius 1 is 1.03 bits per heavy atom. The van der Waals surface area contributed by atoms with Crippen LogP contribution in [-0.2, 0) is 0 Å². The number of fused-ring (bicyclic) bond motifs is 2. The standard InChI is InChI=1S/C22H20N2O5/c1-2-29-11-5-3-10(4-6-11)12-9-15(26)18-19(20(12)24)22(28)17-14(25)8-7-13(23)16(17)21(18)27/h3-6,9,23,26-28H,2,7-8,24H2,1H3. The number of carbonyl (C=O) groups excluding carboxylic acids is 1. The Balaban J connectivity index is 2.03. The average Bonchev–Trinajstić information content (AvgIpc) is 2.70. The van der Waals surface area contributed by atoms with E-state index in [9.17, 15) is 20.1 Å². The summed E-state index contributed by atoms with van der Waals surface area (Å²) >= 11 is 0. The van der Waals surface area contributed by atoms with E-state index in [2.05, 4.69) is 0 Å². The topological polar surface area (TPSA) is 137 Å². The number of anilines is 1. The molecule has 0 amide bonds. The number of aromatic hydroxyl groups is 3. The Bertz CT molecular complexity index is 1180. The molecule has 0 aliphatic heterocycles. The minimum absolute atomic E-state index is 0.00631. The largest absolute Gasteiger partial charge is 0.507 e. The predicted octanol–water partition coefficient (Wildman–Crippen LogP) is 3.95. The van der Waals surface area contributed by atoms with Gasteiger partial charge in [0.05, 0.1) is 34.2 Å². The van der Waals surface area contributed by atoms with Gasteiger partial charge in [0.2, 0.25) is 0 Å². The summed E-state index contributed by atoms with van der Waals surface area (Å²) < 4.78 is 5.43. The van der Waals surface area contributed by atoms with E-state index < -0.39 is 11.5 Å². The summed E-state index contributed by atoms with van der Waals surface area (Å²) in [6, 6.07) is 8.44. The molecule has 3 aromatic carbocycles. The van der Waals surface area contributed by atoms with E-state index in [-0.39, 0.29) is 57.7 Å². The highest BCUT2D eigenvalue weighted by molar-refractivity contribution is 6.24. The second-order valence-corrected chi connectivity index (χ2v) is 6.91. The molecule has 0 saturated carbocycles. The third kappa shape index (κ3) is 2.74. The highest BCUT2D eigenvalue weighted by Gasteiger charge is 2.32. The Labute approximate surface area is 166 Å². The van der Waals surface area contributed by atoms with E-state index in [1.807, 2.05) is 6.92 Å². The molecule has 0 saturated heterocycles. The van der Waals surface area contributed by atoms with Gasteiger partial charge in [-0.3, -0.25) is 4.79 Å². The Morgan fingerprint density at radius 3 is 2.34 bits per heavy atom. The molecule has 0 bridgehead atoms. The molecule has 0 spiro atoms. The van der Waals surface area contributed by atoms with Crippen LogP contribution in [0.4, 0.5) is 5.69 Å². The number of nitrogens with one attached hydrogen (secondary N) is 1. The molecule has 4 rings (SSSR count). The number of nitrogens with two attached hydrogens (primary N) is 1. The number of nitrogen functional groups attached to an aromatic ring is 1. The molecule has 6 N–H and O–H groups in total. The van der Waals surface area contributed by atoms with Gasteiger partial charge < -0.3 is 31.2 Å². The first kappa shape index (κ1) is 18.6. The number of phenols is 3. The monoisotopic (exact) mass is 392 g/mol. The van der Waals surface area contributed by atoms with Gasteiger partial charge in [0.1, 0.15) is 23.0 Å². The molecule has 1 aliphatic rings. The van der Waals surface area contributed by atoms with E-state index in [1.54, 1.807) is 24.3 Å². The SMILES string of the molecule is CCOc1ccc(-c2cc(O)c3c(O)c4c(c(O)c3c2N)C(=O)CCC4=N)cc1. The van der Waals surface area contributed by atoms with Crippen molar-refractivity contribution in [2.24, 2.45) is 0 Å². The molecule has 7 heteroatoms. The summed E-state index contributed by atoms with van der Waals surface area (Å²) in [4.78, 5) is 12.4. The van der Waals surface area contributed by atoms with Gasteiger partial charge >= 0.3 is 0 Å². The van der Waals surface area contributed by atoms with Gasteiger partial charge in [0.25, 0.3) is 0 Å². The summed E-state index contributed by atoms with van der Waals surface area (Å²) in [6.45, 7) is 2.41. The lowest BCUT2D eigenvalue weighted by atomic mass is 9.83. The quantitative estimate of drug-likeness (QED) is 0.338. The molecule has 148 valence electrons. The molecule has 0 atom stereocenters. The summed E-state index contributed by atoms with van der Waals surface area (Å²) in [7, 11) is 0. The molecular weight excluding hydrogens is 372 g/mol. The number of ketones is 1. The van der Waals surface area contributed by atoms with Crippen molar-refractivity contribution in [2.45, 2.75) is 19.8 Å². The van der Waals surface area contributed by atoms with Gasteiger partial charge in [-0.2, -0.15) is 0 Å². The smallest absolute Gasteiger partial charge is 0.167 e. The zero-order valence-electron chi connectivity index (χ0n) is 15.7. The van der Waals surface area contributed by atoms with Gasteiger partial charge in [0.15, 0.2) is 5.78 Å². The maximum Gasteiger partial charge on any atom is 0.167 e. The lowest BCUT2D eigenvalue weighted by Gasteiger charge is -2.22.